The summed E-state index contributed by atoms with van der Waals surface area (Å²) in [7, 11) is 0. The minimum atomic E-state index is -0.297. The molecule has 1 rings (SSSR count). The first kappa shape index (κ1) is 13.8. The van der Waals surface area contributed by atoms with E-state index in [0.717, 1.165) is 5.75 Å². The average molecular weight is 263 g/mol. The van der Waals surface area contributed by atoms with Gasteiger partial charge in [0.15, 0.2) is 0 Å². The zero-order valence-electron chi connectivity index (χ0n) is 9.34. The highest BCUT2D eigenvalue weighted by Crippen LogP contribution is 2.27. The van der Waals surface area contributed by atoms with E-state index in [4.69, 9.17) is 17.4 Å². The van der Waals surface area contributed by atoms with Crippen molar-refractivity contribution in [3.63, 3.8) is 0 Å². The largest absolute Gasteiger partial charge is 0.271 e. The maximum absolute atomic E-state index is 13.1. The predicted octanol–water partition coefficient (Wildman–Crippen LogP) is 3.13. The van der Waals surface area contributed by atoms with E-state index in [2.05, 4.69) is 19.3 Å². The first-order valence-electron chi connectivity index (χ1n) is 5.07. The first-order valence-corrected chi connectivity index (χ1v) is 6.50. The van der Waals surface area contributed by atoms with Crippen LogP contribution in [0.5, 0.6) is 0 Å². The fourth-order valence-corrected chi connectivity index (χ4v) is 2.40. The maximum Gasteiger partial charge on any atom is 0.123 e. The van der Waals surface area contributed by atoms with Crippen LogP contribution < -0.4 is 11.3 Å². The number of benzene rings is 1. The lowest BCUT2D eigenvalue weighted by atomic mass is 10.1. The van der Waals surface area contributed by atoms with Crippen LogP contribution in [0.15, 0.2) is 18.2 Å². The van der Waals surface area contributed by atoms with Gasteiger partial charge in [0.05, 0.1) is 6.04 Å². The topological polar surface area (TPSA) is 38.0 Å². The summed E-state index contributed by atoms with van der Waals surface area (Å²) < 4.78 is 13.1. The number of nitrogens with one attached hydrogen (secondary N) is 1. The van der Waals surface area contributed by atoms with Crippen LogP contribution in [0.3, 0.4) is 0 Å². The predicted molar refractivity (Wildman–Crippen MR) is 69.1 cm³/mol. The number of hydrogen-bond donors (Lipinski definition) is 2. The molecule has 0 spiro atoms. The molecule has 0 fully saturated rings. The highest BCUT2D eigenvalue weighted by Gasteiger charge is 2.14. The Kier molecular flexibility index (Phi) is 5.55. The van der Waals surface area contributed by atoms with Gasteiger partial charge in [0.2, 0.25) is 0 Å². The molecule has 0 radical (unpaired) electrons. The number of hydrogen-bond acceptors (Lipinski definition) is 3. The summed E-state index contributed by atoms with van der Waals surface area (Å²) in [5, 5.41) is 1.04. The van der Waals surface area contributed by atoms with Crippen molar-refractivity contribution in [2.75, 3.05) is 5.75 Å². The molecule has 1 aromatic rings. The third-order valence-electron chi connectivity index (χ3n) is 2.13. The van der Waals surface area contributed by atoms with Crippen LogP contribution in [0, 0.1) is 5.82 Å². The van der Waals surface area contributed by atoms with Gasteiger partial charge in [-0.1, -0.05) is 25.4 Å². The molecule has 2 nitrogen and oxygen atoms in total. The molecule has 0 saturated carbocycles. The lowest BCUT2D eigenvalue weighted by Gasteiger charge is -2.18. The Labute approximate surface area is 105 Å². The molecule has 5 heteroatoms. The van der Waals surface area contributed by atoms with Crippen molar-refractivity contribution in [1.82, 2.24) is 5.43 Å². The second-order valence-electron chi connectivity index (χ2n) is 3.77. The average Bonchev–Trinajstić information content (AvgIpc) is 2.23. The van der Waals surface area contributed by atoms with Crippen molar-refractivity contribution < 1.29 is 4.39 Å². The van der Waals surface area contributed by atoms with Gasteiger partial charge in [0.1, 0.15) is 5.82 Å². The minimum absolute atomic E-state index is 0.129. The van der Waals surface area contributed by atoms with Gasteiger partial charge < -0.3 is 0 Å². The van der Waals surface area contributed by atoms with E-state index in [9.17, 15) is 4.39 Å². The number of rotatable bonds is 5. The van der Waals surface area contributed by atoms with E-state index < -0.39 is 0 Å². The Balaban J connectivity index is 2.81. The molecule has 0 aliphatic rings. The summed E-state index contributed by atoms with van der Waals surface area (Å²) in [5.74, 6) is 5.93. The van der Waals surface area contributed by atoms with E-state index in [1.807, 2.05) is 0 Å². The Morgan fingerprint density at radius 1 is 1.50 bits per heavy atom. The molecule has 1 unspecified atom stereocenters. The number of nitrogens with two attached hydrogens (primary N) is 1. The van der Waals surface area contributed by atoms with Gasteiger partial charge in [-0.3, -0.25) is 11.3 Å². The first-order chi connectivity index (χ1) is 7.54. The summed E-state index contributed by atoms with van der Waals surface area (Å²) in [4.78, 5) is 0. The number of thioether (sulfide) groups is 1. The number of halogens is 2. The summed E-state index contributed by atoms with van der Waals surface area (Å²) in [6, 6.07) is 4.19. The van der Waals surface area contributed by atoms with Gasteiger partial charge in [-0.25, -0.2) is 4.39 Å². The van der Waals surface area contributed by atoms with Crippen LogP contribution in [0.25, 0.3) is 0 Å². The summed E-state index contributed by atoms with van der Waals surface area (Å²) in [5.41, 5.74) is 3.38. The Morgan fingerprint density at radius 2 is 2.19 bits per heavy atom. The maximum atomic E-state index is 13.1. The Hall–Kier alpha value is -0.290. The van der Waals surface area contributed by atoms with Crippen molar-refractivity contribution in [3.8, 4) is 0 Å². The molecule has 0 amide bonds. The monoisotopic (exact) mass is 262 g/mol. The Bertz CT molecular complexity index is 347. The normalized spacial score (nSPS) is 13.1. The van der Waals surface area contributed by atoms with E-state index in [1.54, 1.807) is 17.8 Å². The molecular weight excluding hydrogens is 247 g/mol. The quantitative estimate of drug-likeness (QED) is 0.633. The van der Waals surface area contributed by atoms with Crippen molar-refractivity contribution in [2.45, 2.75) is 25.1 Å². The second kappa shape index (κ2) is 6.45. The van der Waals surface area contributed by atoms with Gasteiger partial charge in [-0.05, 0) is 29.0 Å². The molecule has 0 saturated heterocycles. The van der Waals surface area contributed by atoms with Crippen LogP contribution in [-0.2, 0) is 0 Å². The third-order valence-corrected chi connectivity index (χ3v) is 3.67. The fourth-order valence-electron chi connectivity index (χ4n) is 1.30. The third kappa shape index (κ3) is 3.94. The number of hydrazine groups is 1. The molecule has 0 heterocycles. The summed E-state index contributed by atoms with van der Waals surface area (Å²) in [6.07, 6.45) is 0. The standard InChI is InChI=1S/C11H16ClFN2S/c1-7(2)16-6-11(15-14)9-5-8(13)3-4-10(9)12/h3-5,7,11,15H,6,14H2,1-2H3. The van der Waals surface area contributed by atoms with Crippen molar-refractivity contribution in [3.05, 3.63) is 34.6 Å². The molecule has 0 aromatic heterocycles. The van der Waals surface area contributed by atoms with Gasteiger partial charge in [0.25, 0.3) is 0 Å². The van der Waals surface area contributed by atoms with Gasteiger partial charge in [-0.15, -0.1) is 0 Å². The van der Waals surface area contributed by atoms with Crippen LogP contribution in [0.4, 0.5) is 4.39 Å². The summed E-state index contributed by atoms with van der Waals surface area (Å²) >= 11 is 7.76. The fraction of sp³-hybridized carbons (Fsp3) is 0.455. The highest BCUT2D eigenvalue weighted by molar-refractivity contribution is 7.99. The zero-order chi connectivity index (χ0) is 12.1. The van der Waals surface area contributed by atoms with Gasteiger partial charge in [-0.2, -0.15) is 11.8 Å². The van der Waals surface area contributed by atoms with Gasteiger partial charge in [0, 0.05) is 10.8 Å². The second-order valence-corrected chi connectivity index (χ2v) is 5.78. The van der Waals surface area contributed by atoms with Crippen molar-refractivity contribution in [1.29, 1.82) is 0 Å². The van der Waals surface area contributed by atoms with Gasteiger partial charge >= 0.3 is 0 Å². The summed E-state index contributed by atoms with van der Waals surface area (Å²) in [6.45, 7) is 4.21. The molecule has 0 aliphatic heterocycles. The van der Waals surface area contributed by atoms with Crippen LogP contribution in [0.2, 0.25) is 5.02 Å². The highest BCUT2D eigenvalue weighted by atomic mass is 35.5. The van der Waals surface area contributed by atoms with Crippen LogP contribution in [-0.4, -0.2) is 11.0 Å². The van der Waals surface area contributed by atoms with E-state index in [0.29, 0.717) is 15.8 Å². The molecule has 90 valence electrons. The van der Waals surface area contributed by atoms with Crippen molar-refractivity contribution >= 4 is 23.4 Å². The van der Waals surface area contributed by atoms with Crippen molar-refractivity contribution in [2.24, 2.45) is 5.84 Å². The molecule has 0 aliphatic carbocycles. The van der Waals surface area contributed by atoms with E-state index in [-0.39, 0.29) is 11.9 Å². The lowest BCUT2D eigenvalue weighted by molar-refractivity contribution is 0.591. The molecule has 3 N–H and O–H groups in total. The molecular formula is C11H16ClFN2S. The molecule has 1 aromatic carbocycles. The van der Waals surface area contributed by atoms with E-state index >= 15 is 0 Å². The van der Waals surface area contributed by atoms with E-state index in [1.165, 1.54) is 12.1 Å². The lowest BCUT2D eigenvalue weighted by Crippen LogP contribution is -2.30. The smallest absolute Gasteiger partial charge is 0.123 e. The SMILES string of the molecule is CC(C)SCC(NN)c1cc(F)ccc1Cl. The molecule has 1 atom stereocenters. The minimum Gasteiger partial charge on any atom is -0.271 e. The zero-order valence-corrected chi connectivity index (χ0v) is 10.9. The van der Waals surface area contributed by atoms with Crippen LogP contribution >= 0.6 is 23.4 Å². The molecule has 16 heavy (non-hydrogen) atoms. The van der Waals surface area contributed by atoms with Crippen LogP contribution in [0.1, 0.15) is 25.5 Å². The molecule has 0 bridgehead atoms. The Morgan fingerprint density at radius 3 is 2.75 bits per heavy atom.